The van der Waals surface area contributed by atoms with Crippen molar-refractivity contribution < 1.29 is 5.11 Å². The van der Waals surface area contributed by atoms with E-state index in [0.29, 0.717) is 18.6 Å². The van der Waals surface area contributed by atoms with Crippen molar-refractivity contribution in [2.75, 3.05) is 33.8 Å². The summed E-state index contributed by atoms with van der Waals surface area (Å²) >= 11 is 0. The van der Waals surface area contributed by atoms with Gasteiger partial charge < -0.3 is 15.3 Å². The Morgan fingerprint density at radius 1 is 1.50 bits per heavy atom. The fourth-order valence-electron chi connectivity index (χ4n) is 1.51. The fraction of sp³-hybridized carbons (Fsp3) is 1.00. The van der Waals surface area contributed by atoms with E-state index < -0.39 is 0 Å². The standard InChI is InChI=1S/C7H16N2O/c1-9(2)7-4-8-3-6(7)5-10/h6-8,10H,3-5H2,1-2H3/t6-,7-/m1/s1. The molecule has 1 fully saturated rings. The molecule has 0 saturated carbocycles. The van der Waals surface area contributed by atoms with Gasteiger partial charge >= 0.3 is 0 Å². The number of aliphatic hydroxyl groups is 1. The van der Waals surface area contributed by atoms with Crippen molar-refractivity contribution in [3.63, 3.8) is 0 Å². The summed E-state index contributed by atoms with van der Waals surface area (Å²) in [6, 6.07) is 0.519. The molecular weight excluding hydrogens is 128 g/mol. The molecule has 1 aliphatic heterocycles. The summed E-state index contributed by atoms with van der Waals surface area (Å²) < 4.78 is 0. The fourth-order valence-corrected chi connectivity index (χ4v) is 1.51. The molecule has 0 aliphatic carbocycles. The number of hydrogen-bond donors (Lipinski definition) is 2. The van der Waals surface area contributed by atoms with Gasteiger partial charge in [0, 0.05) is 31.7 Å². The Bertz CT molecular complexity index is 106. The summed E-state index contributed by atoms with van der Waals surface area (Å²) in [5.74, 6) is 0.426. The minimum Gasteiger partial charge on any atom is -0.396 e. The van der Waals surface area contributed by atoms with E-state index in [2.05, 4.69) is 24.3 Å². The van der Waals surface area contributed by atoms with Crippen LogP contribution in [0.15, 0.2) is 0 Å². The van der Waals surface area contributed by atoms with E-state index in [9.17, 15) is 0 Å². The Hall–Kier alpha value is -0.120. The Labute approximate surface area is 62.0 Å². The first kappa shape index (κ1) is 7.98. The van der Waals surface area contributed by atoms with E-state index in [4.69, 9.17) is 5.11 Å². The van der Waals surface area contributed by atoms with Crippen molar-refractivity contribution in [1.82, 2.24) is 10.2 Å². The molecule has 1 rings (SSSR count). The highest BCUT2D eigenvalue weighted by atomic mass is 16.3. The maximum atomic E-state index is 8.92. The van der Waals surface area contributed by atoms with Gasteiger partial charge in [-0.25, -0.2) is 0 Å². The molecule has 3 heteroatoms. The molecule has 0 spiro atoms. The van der Waals surface area contributed by atoms with Crippen LogP contribution in [0.2, 0.25) is 0 Å². The van der Waals surface area contributed by atoms with Gasteiger partial charge in [-0.15, -0.1) is 0 Å². The summed E-state index contributed by atoms with van der Waals surface area (Å²) in [5.41, 5.74) is 0. The van der Waals surface area contributed by atoms with E-state index in [0.717, 1.165) is 13.1 Å². The topological polar surface area (TPSA) is 35.5 Å². The summed E-state index contributed by atoms with van der Waals surface area (Å²) in [5, 5.41) is 12.2. The second-order valence-electron chi connectivity index (χ2n) is 3.13. The average Bonchev–Trinajstić information content (AvgIpc) is 2.33. The number of aliphatic hydroxyl groups excluding tert-OH is 1. The van der Waals surface area contributed by atoms with Crippen LogP contribution in [0.1, 0.15) is 0 Å². The zero-order chi connectivity index (χ0) is 7.56. The molecule has 0 aromatic heterocycles. The molecule has 60 valence electrons. The lowest BCUT2D eigenvalue weighted by Gasteiger charge is -2.23. The van der Waals surface area contributed by atoms with Gasteiger partial charge in [0.05, 0.1) is 0 Å². The number of hydrogen-bond acceptors (Lipinski definition) is 3. The highest BCUT2D eigenvalue weighted by molar-refractivity contribution is 4.85. The summed E-state index contributed by atoms with van der Waals surface area (Å²) in [4.78, 5) is 2.17. The van der Waals surface area contributed by atoms with Crippen LogP contribution in [0.4, 0.5) is 0 Å². The monoisotopic (exact) mass is 144 g/mol. The smallest absolute Gasteiger partial charge is 0.0486 e. The van der Waals surface area contributed by atoms with Gasteiger partial charge in [-0.1, -0.05) is 0 Å². The normalized spacial score (nSPS) is 33.6. The number of rotatable bonds is 2. The first-order valence-electron chi connectivity index (χ1n) is 3.73. The maximum Gasteiger partial charge on any atom is 0.0486 e. The Balaban J connectivity index is 2.42. The van der Waals surface area contributed by atoms with Crippen LogP contribution in [0.5, 0.6) is 0 Å². The lowest BCUT2D eigenvalue weighted by Crippen LogP contribution is -2.36. The quantitative estimate of drug-likeness (QED) is 0.529. The SMILES string of the molecule is CN(C)[C@@H]1CNC[C@@H]1CO. The lowest BCUT2D eigenvalue weighted by molar-refractivity contribution is 0.168. The van der Waals surface area contributed by atoms with Crippen LogP contribution in [-0.4, -0.2) is 49.8 Å². The average molecular weight is 144 g/mol. The van der Waals surface area contributed by atoms with Crippen LogP contribution in [0, 0.1) is 5.92 Å². The Kier molecular flexibility index (Phi) is 2.65. The van der Waals surface area contributed by atoms with Gasteiger partial charge in [-0.2, -0.15) is 0 Å². The first-order chi connectivity index (χ1) is 4.75. The third-order valence-corrected chi connectivity index (χ3v) is 2.20. The Morgan fingerprint density at radius 3 is 2.60 bits per heavy atom. The van der Waals surface area contributed by atoms with Crippen LogP contribution < -0.4 is 5.32 Å². The molecule has 0 aromatic carbocycles. The van der Waals surface area contributed by atoms with Gasteiger partial charge in [-0.05, 0) is 14.1 Å². The summed E-state index contributed by atoms with van der Waals surface area (Å²) in [7, 11) is 4.11. The highest BCUT2D eigenvalue weighted by Crippen LogP contribution is 2.11. The lowest BCUT2D eigenvalue weighted by atomic mass is 10.0. The van der Waals surface area contributed by atoms with Gasteiger partial charge in [-0.3, -0.25) is 0 Å². The molecule has 0 radical (unpaired) electrons. The molecule has 2 N–H and O–H groups in total. The van der Waals surface area contributed by atoms with E-state index in [1.54, 1.807) is 0 Å². The third kappa shape index (κ3) is 1.48. The van der Waals surface area contributed by atoms with Gasteiger partial charge in [0.1, 0.15) is 0 Å². The van der Waals surface area contributed by atoms with Gasteiger partial charge in [0.15, 0.2) is 0 Å². The highest BCUT2D eigenvalue weighted by Gasteiger charge is 2.27. The largest absolute Gasteiger partial charge is 0.396 e. The second-order valence-corrected chi connectivity index (χ2v) is 3.13. The molecule has 2 atom stereocenters. The van der Waals surface area contributed by atoms with Crippen LogP contribution >= 0.6 is 0 Å². The van der Waals surface area contributed by atoms with Crippen molar-refractivity contribution in [2.24, 2.45) is 5.92 Å². The van der Waals surface area contributed by atoms with Crippen molar-refractivity contribution >= 4 is 0 Å². The molecule has 1 heterocycles. The molecule has 0 amide bonds. The van der Waals surface area contributed by atoms with E-state index >= 15 is 0 Å². The summed E-state index contributed by atoms with van der Waals surface area (Å²) in [6.07, 6.45) is 0. The molecule has 3 nitrogen and oxygen atoms in total. The van der Waals surface area contributed by atoms with Crippen LogP contribution in [0.25, 0.3) is 0 Å². The summed E-state index contributed by atoms with van der Waals surface area (Å²) in [6.45, 7) is 2.27. The van der Waals surface area contributed by atoms with E-state index in [1.165, 1.54) is 0 Å². The maximum absolute atomic E-state index is 8.92. The predicted molar refractivity (Wildman–Crippen MR) is 40.9 cm³/mol. The van der Waals surface area contributed by atoms with E-state index in [-0.39, 0.29) is 0 Å². The van der Waals surface area contributed by atoms with Crippen LogP contribution in [-0.2, 0) is 0 Å². The molecule has 1 aliphatic rings. The molecule has 0 unspecified atom stereocenters. The molecule has 10 heavy (non-hydrogen) atoms. The number of nitrogens with zero attached hydrogens (tertiary/aromatic N) is 1. The Morgan fingerprint density at radius 2 is 2.20 bits per heavy atom. The minimum atomic E-state index is 0.301. The van der Waals surface area contributed by atoms with Gasteiger partial charge in [0.25, 0.3) is 0 Å². The van der Waals surface area contributed by atoms with Crippen LogP contribution in [0.3, 0.4) is 0 Å². The van der Waals surface area contributed by atoms with E-state index in [1.807, 2.05) is 0 Å². The molecular formula is C7H16N2O. The number of likely N-dealkylation sites (N-methyl/N-ethyl adjacent to an activating group) is 1. The number of nitrogens with one attached hydrogen (secondary N) is 1. The second kappa shape index (κ2) is 3.32. The van der Waals surface area contributed by atoms with Crippen molar-refractivity contribution in [3.8, 4) is 0 Å². The minimum absolute atomic E-state index is 0.301. The molecule has 0 bridgehead atoms. The zero-order valence-electron chi connectivity index (χ0n) is 6.67. The van der Waals surface area contributed by atoms with Gasteiger partial charge in [0.2, 0.25) is 0 Å². The van der Waals surface area contributed by atoms with Crippen molar-refractivity contribution in [3.05, 3.63) is 0 Å². The predicted octanol–water partition coefficient (Wildman–Crippen LogP) is -0.872. The molecule has 0 aromatic rings. The molecule has 1 saturated heterocycles. The zero-order valence-corrected chi connectivity index (χ0v) is 6.67. The van der Waals surface area contributed by atoms with Crippen molar-refractivity contribution in [2.45, 2.75) is 6.04 Å². The third-order valence-electron chi connectivity index (χ3n) is 2.20. The first-order valence-corrected chi connectivity index (χ1v) is 3.73. The van der Waals surface area contributed by atoms with Crippen molar-refractivity contribution in [1.29, 1.82) is 0 Å².